The van der Waals surface area contributed by atoms with Crippen LogP contribution in [0.3, 0.4) is 0 Å². The molecule has 0 bridgehead atoms. The van der Waals surface area contributed by atoms with E-state index >= 15 is 0 Å². The Kier molecular flexibility index (Phi) is 6.49. The Hall–Kier alpha value is -2.12. The second-order valence-corrected chi connectivity index (χ2v) is 10.8. The third-order valence-corrected chi connectivity index (χ3v) is 7.50. The van der Waals surface area contributed by atoms with Crippen LogP contribution >= 0.6 is 11.6 Å². The summed E-state index contributed by atoms with van der Waals surface area (Å²) in [6, 6.07) is 4.93. The summed E-state index contributed by atoms with van der Waals surface area (Å²) in [5.74, 6) is -0.550. The van der Waals surface area contributed by atoms with Gasteiger partial charge in [-0.15, -0.1) is 0 Å². The number of rotatable bonds is 5. The molecule has 33 heavy (non-hydrogen) atoms. The summed E-state index contributed by atoms with van der Waals surface area (Å²) in [6.45, 7) is 13.6. The van der Waals surface area contributed by atoms with Gasteiger partial charge in [0.2, 0.25) is 11.8 Å². The Balaban J connectivity index is 1.91. The number of barbiturate groups is 1. The smallest absolute Gasteiger partial charge is 0.333 e. The molecule has 1 aromatic carbocycles. The monoisotopic (exact) mass is 474 g/mol. The van der Waals surface area contributed by atoms with Crippen LogP contribution in [0.15, 0.2) is 18.2 Å². The van der Waals surface area contributed by atoms with Crippen molar-refractivity contribution in [3.8, 4) is 0 Å². The molecule has 180 valence electrons. The quantitative estimate of drug-likeness (QED) is 0.611. The molecular formula is C25H35ClN4O3. The van der Waals surface area contributed by atoms with E-state index in [0.717, 1.165) is 24.3 Å². The van der Waals surface area contributed by atoms with E-state index in [9.17, 15) is 14.4 Å². The molecule has 0 radical (unpaired) electrons. The molecule has 4 amide bonds. The summed E-state index contributed by atoms with van der Waals surface area (Å²) in [7, 11) is 0. The van der Waals surface area contributed by atoms with E-state index in [1.54, 1.807) is 0 Å². The third kappa shape index (κ3) is 3.83. The van der Waals surface area contributed by atoms with Gasteiger partial charge >= 0.3 is 6.03 Å². The number of amides is 4. The Morgan fingerprint density at radius 2 is 1.61 bits per heavy atom. The van der Waals surface area contributed by atoms with Gasteiger partial charge in [-0.05, 0) is 36.1 Å². The topological polar surface area (TPSA) is 64.2 Å². The minimum Gasteiger partial charge on any atom is -0.364 e. The fourth-order valence-electron chi connectivity index (χ4n) is 5.61. The lowest BCUT2D eigenvalue weighted by molar-refractivity contribution is -0.162. The molecule has 3 aliphatic rings. The molecule has 2 fully saturated rings. The zero-order valence-corrected chi connectivity index (χ0v) is 21.1. The van der Waals surface area contributed by atoms with Crippen LogP contribution in [0.25, 0.3) is 0 Å². The molecule has 0 aliphatic carbocycles. The van der Waals surface area contributed by atoms with Crippen molar-refractivity contribution in [2.24, 2.45) is 17.3 Å². The Bertz CT molecular complexity index is 931. The van der Waals surface area contributed by atoms with E-state index in [2.05, 4.69) is 16.7 Å². The zero-order chi connectivity index (χ0) is 24.1. The van der Waals surface area contributed by atoms with Gasteiger partial charge in [-0.25, -0.2) is 4.79 Å². The van der Waals surface area contributed by atoms with E-state index in [-0.39, 0.29) is 36.1 Å². The van der Waals surface area contributed by atoms with Crippen LogP contribution in [0.2, 0.25) is 5.02 Å². The number of likely N-dealkylation sites (N-methyl/N-ethyl adjacent to an activating group) is 1. The van der Waals surface area contributed by atoms with Crippen molar-refractivity contribution in [3.05, 3.63) is 28.8 Å². The van der Waals surface area contributed by atoms with E-state index < -0.39 is 11.4 Å². The second-order valence-electron chi connectivity index (χ2n) is 10.4. The molecule has 1 atom stereocenters. The molecule has 4 rings (SSSR count). The Morgan fingerprint density at radius 1 is 1.00 bits per heavy atom. The first kappa shape index (κ1) is 24.0. The number of urea groups is 1. The number of carbonyl (C=O) groups excluding carboxylic acids is 3. The van der Waals surface area contributed by atoms with Crippen LogP contribution in [0.5, 0.6) is 0 Å². The number of carbonyl (C=O) groups is 3. The minimum atomic E-state index is -1.37. The van der Waals surface area contributed by atoms with E-state index in [1.807, 2.05) is 45.9 Å². The average Bonchev–Trinajstić information content (AvgIpc) is 2.78. The SMILES string of the molecule is CCN1CCN2c3cccc(Cl)c3CC3(C(=O)N(CC(C)C)C(=O)N(CC(C)C)C3=O)C2C1. The van der Waals surface area contributed by atoms with Gasteiger partial charge in [-0.3, -0.25) is 24.3 Å². The summed E-state index contributed by atoms with van der Waals surface area (Å²) < 4.78 is 0. The molecule has 2 saturated heterocycles. The predicted molar refractivity (Wildman–Crippen MR) is 129 cm³/mol. The molecule has 8 heteroatoms. The number of benzene rings is 1. The van der Waals surface area contributed by atoms with Crippen LogP contribution in [-0.4, -0.2) is 77.9 Å². The van der Waals surface area contributed by atoms with Gasteiger partial charge < -0.3 is 4.90 Å². The largest absolute Gasteiger partial charge is 0.364 e. The molecule has 3 aliphatic heterocycles. The van der Waals surface area contributed by atoms with Gasteiger partial charge in [0.1, 0.15) is 0 Å². The summed E-state index contributed by atoms with van der Waals surface area (Å²) in [4.78, 5) is 49.0. The maximum atomic E-state index is 14.2. The van der Waals surface area contributed by atoms with Crippen molar-refractivity contribution < 1.29 is 14.4 Å². The summed E-state index contributed by atoms with van der Waals surface area (Å²) >= 11 is 6.64. The normalized spacial score (nSPS) is 23.1. The van der Waals surface area contributed by atoms with Crippen LogP contribution < -0.4 is 4.90 Å². The molecule has 1 unspecified atom stereocenters. The molecule has 1 spiro atoms. The van der Waals surface area contributed by atoms with Crippen molar-refractivity contribution in [2.75, 3.05) is 44.2 Å². The van der Waals surface area contributed by atoms with Gasteiger partial charge in [-0.1, -0.05) is 52.3 Å². The number of piperazine rings is 1. The summed E-state index contributed by atoms with van der Waals surface area (Å²) in [6.07, 6.45) is 0.217. The first-order valence-corrected chi connectivity index (χ1v) is 12.4. The molecular weight excluding hydrogens is 440 g/mol. The molecule has 7 nitrogen and oxygen atoms in total. The number of imide groups is 2. The van der Waals surface area contributed by atoms with Crippen molar-refractivity contribution in [3.63, 3.8) is 0 Å². The van der Waals surface area contributed by atoms with Gasteiger partial charge in [0.15, 0.2) is 5.41 Å². The van der Waals surface area contributed by atoms with Crippen LogP contribution in [0, 0.1) is 17.3 Å². The first-order valence-electron chi connectivity index (χ1n) is 12.1. The molecule has 1 aromatic rings. The van der Waals surface area contributed by atoms with Crippen molar-refractivity contribution in [1.82, 2.24) is 14.7 Å². The van der Waals surface area contributed by atoms with Crippen molar-refractivity contribution in [2.45, 2.75) is 47.1 Å². The third-order valence-electron chi connectivity index (χ3n) is 7.15. The highest BCUT2D eigenvalue weighted by molar-refractivity contribution is 6.32. The predicted octanol–water partition coefficient (Wildman–Crippen LogP) is 3.50. The van der Waals surface area contributed by atoms with Crippen molar-refractivity contribution >= 4 is 35.1 Å². The van der Waals surface area contributed by atoms with Crippen LogP contribution in [0.1, 0.15) is 40.2 Å². The lowest BCUT2D eigenvalue weighted by Crippen LogP contribution is -2.76. The standard InChI is InChI=1S/C25H35ClN4O3/c1-6-27-10-11-28-20-9-7-8-19(26)18(20)12-25(21(28)15-27)22(31)29(13-16(2)3)24(33)30(23(25)32)14-17(4)5/h7-9,16-17,21H,6,10-15H2,1-5H3. The molecule has 0 saturated carbocycles. The van der Waals surface area contributed by atoms with Gasteiger partial charge in [0, 0.05) is 49.9 Å². The van der Waals surface area contributed by atoms with E-state index in [4.69, 9.17) is 11.6 Å². The molecule has 0 aromatic heterocycles. The average molecular weight is 475 g/mol. The number of nitrogens with zero attached hydrogens (tertiary/aromatic N) is 4. The number of hydrogen-bond donors (Lipinski definition) is 0. The summed E-state index contributed by atoms with van der Waals surface area (Å²) in [5, 5.41) is 0.562. The first-order chi connectivity index (χ1) is 15.6. The molecule has 3 heterocycles. The lowest BCUT2D eigenvalue weighted by Gasteiger charge is -2.57. The van der Waals surface area contributed by atoms with Crippen LogP contribution in [0.4, 0.5) is 10.5 Å². The highest BCUT2D eigenvalue weighted by atomic mass is 35.5. The highest BCUT2D eigenvalue weighted by Crippen LogP contribution is 2.49. The fraction of sp³-hybridized carbons (Fsp3) is 0.640. The number of anilines is 1. The van der Waals surface area contributed by atoms with E-state index in [0.29, 0.717) is 31.2 Å². The van der Waals surface area contributed by atoms with Gasteiger partial charge in [0.25, 0.3) is 0 Å². The lowest BCUT2D eigenvalue weighted by atomic mass is 9.67. The zero-order valence-electron chi connectivity index (χ0n) is 20.3. The van der Waals surface area contributed by atoms with E-state index in [1.165, 1.54) is 9.80 Å². The van der Waals surface area contributed by atoms with Gasteiger partial charge in [0.05, 0.1) is 6.04 Å². The maximum Gasteiger partial charge on any atom is 0.333 e. The fourth-order valence-corrected chi connectivity index (χ4v) is 5.84. The number of fused-ring (bicyclic) bond motifs is 4. The molecule has 0 N–H and O–H groups in total. The Morgan fingerprint density at radius 3 is 2.15 bits per heavy atom. The Labute approximate surface area is 201 Å². The number of halogens is 1. The van der Waals surface area contributed by atoms with Crippen molar-refractivity contribution in [1.29, 1.82) is 0 Å². The number of hydrogen-bond acceptors (Lipinski definition) is 5. The van der Waals surface area contributed by atoms with Crippen LogP contribution in [-0.2, 0) is 16.0 Å². The maximum absolute atomic E-state index is 14.2. The minimum absolute atomic E-state index is 0.0955. The van der Waals surface area contributed by atoms with Gasteiger partial charge in [-0.2, -0.15) is 0 Å². The highest BCUT2D eigenvalue weighted by Gasteiger charge is 2.65. The second kappa shape index (κ2) is 8.91. The summed E-state index contributed by atoms with van der Waals surface area (Å²) in [5.41, 5.74) is 0.450.